The first kappa shape index (κ1) is 15.6. The van der Waals surface area contributed by atoms with Gasteiger partial charge in [-0.3, -0.25) is 14.4 Å². The summed E-state index contributed by atoms with van der Waals surface area (Å²) in [5.74, 6) is -2.53. The zero-order valence-electron chi connectivity index (χ0n) is 13.7. The molecule has 3 atom stereocenters. The van der Waals surface area contributed by atoms with Gasteiger partial charge in [0.05, 0.1) is 18.4 Å². The summed E-state index contributed by atoms with van der Waals surface area (Å²) >= 11 is 0. The van der Waals surface area contributed by atoms with Crippen molar-refractivity contribution in [3.63, 3.8) is 0 Å². The lowest BCUT2D eigenvalue weighted by Crippen LogP contribution is -2.26. The number of rotatable bonds is 4. The molecule has 1 saturated carbocycles. The van der Waals surface area contributed by atoms with E-state index in [9.17, 15) is 14.4 Å². The maximum atomic E-state index is 13.1. The van der Waals surface area contributed by atoms with E-state index in [1.807, 2.05) is 18.2 Å². The summed E-state index contributed by atoms with van der Waals surface area (Å²) in [6.45, 7) is 1.92. The molecule has 5 heteroatoms. The van der Waals surface area contributed by atoms with Crippen molar-refractivity contribution in [2.45, 2.75) is 12.3 Å². The van der Waals surface area contributed by atoms with Crippen LogP contribution in [0.3, 0.4) is 0 Å². The first-order chi connectivity index (χ1) is 12.1. The van der Waals surface area contributed by atoms with Crippen molar-refractivity contribution in [3.8, 4) is 0 Å². The molecule has 0 radical (unpaired) electrons. The van der Waals surface area contributed by atoms with Gasteiger partial charge in [-0.1, -0.05) is 48.5 Å². The zero-order valence-corrected chi connectivity index (χ0v) is 13.7. The van der Waals surface area contributed by atoms with Gasteiger partial charge in [0, 0.05) is 11.3 Å². The fourth-order valence-electron chi connectivity index (χ4n) is 4.00. The average Bonchev–Trinajstić information content (AvgIpc) is 3.25. The molecular formula is C20H17NO4. The average molecular weight is 335 g/mol. The quantitative estimate of drug-likeness (QED) is 0.688. The first-order valence-corrected chi connectivity index (χ1v) is 8.29. The Bertz CT molecular complexity index is 876. The van der Waals surface area contributed by atoms with Gasteiger partial charge >= 0.3 is 5.97 Å². The molecule has 1 amide bonds. The Kier molecular flexibility index (Phi) is 3.46. The predicted molar refractivity (Wildman–Crippen MR) is 91.1 cm³/mol. The van der Waals surface area contributed by atoms with Gasteiger partial charge in [-0.15, -0.1) is 0 Å². The van der Waals surface area contributed by atoms with Crippen LogP contribution in [-0.2, 0) is 19.7 Å². The Balaban J connectivity index is 1.81. The molecule has 0 aromatic heterocycles. The highest BCUT2D eigenvalue weighted by molar-refractivity contribution is 6.20. The molecule has 25 heavy (non-hydrogen) atoms. The standard InChI is InChI=1S/C20H17NO4/c1-2-25-18(23)16-15(17(22)12-8-4-3-5-9-12)20(16)13-10-6-7-11-14(13)21-19(20)24/h3-11,15-16H,2H2,1H3,(H,21,24)/t15-,16-,20?/m1/s1. The molecule has 0 saturated heterocycles. The Morgan fingerprint density at radius 3 is 2.44 bits per heavy atom. The highest BCUT2D eigenvalue weighted by Crippen LogP contribution is 2.65. The topological polar surface area (TPSA) is 72.5 Å². The first-order valence-electron chi connectivity index (χ1n) is 8.29. The van der Waals surface area contributed by atoms with E-state index in [0.29, 0.717) is 16.8 Å². The van der Waals surface area contributed by atoms with Crippen molar-refractivity contribution >= 4 is 23.3 Å². The number of ketones is 1. The number of hydrogen-bond acceptors (Lipinski definition) is 4. The Labute approximate surface area is 145 Å². The normalized spacial score (nSPS) is 26.0. The summed E-state index contributed by atoms with van der Waals surface area (Å²) in [6.07, 6.45) is 0. The molecule has 1 spiro atoms. The van der Waals surface area contributed by atoms with Crippen molar-refractivity contribution < 1.29 is 19.1 Å². The molecule has 1 heterocycles. The van der Waals surface area contributed by atoms with Crippen LogP contribution in [0.5, 0.6) is 0 Å². The second-order valence-electron chi connectivity index (χ2n) is 6.31. The molecule has 126 valence electrons. The number of esters is 1. The SMILES string of the molecule is CCOC(=O)[C@H]1[C@H](C(=O)c2ccccc2)C12C(=O)Nc1ccccc12. The number of para-hydroxylation sites is 1. The highest BCUT2D eigenvalue weighted by atomic mass is 16.5. The number of fused-ring (bicyclic) bond motifs is 2. The zero-order chi connectivity index (χ0) is 17.6. The van der Waals surface area contributed by atoms with Crippen LogP contribution in [-0.4, -0.2) is 24.3 Å². The van der Waals surface area contributed by atoms with Gasteiger partial charge in [-0.25, -0.2) is 0 Å². The maximum Gasteiger partial charge on any atom is 0.311 e. The van der Waals surface area contributed by atoms with E-state index < -0.39 is 23.2 Å². The summed E-state index contributed by atoms with van der Waals surface area (Å²) < 4.78 is 5.16. The van der Waals surface area contributed by atoms with E-state index >= 15 is 0 Å². The molecule has 1 aliphatic heterocycles. The van der Waals surface area contributed by atoms with Crippen LogP contribution in [0.25, 0.3) is 0 Å². The van der Waals surface area contributed by atoms with Crippen LogP contribution < -0.4 is 5.32 Å². The fraction of sp³-hybridized carbons (Fsp3) is 0.250. The predicted octanol–water partition coefficient (Wildman–Crippen LogP) is 2.57. The van der Waals surface area contributed by atoms with Crippen molar-refractivity contribution in [3.05, 3.63) is 65.7 Å². The minimum Gasteiger partial charge on any atom is -0.466 e. The van der Waals surface area contributed by atoms with Gasteiger partial charge in [0.25, 0.3) is 0 Å². The monoisotopic (exact) mass is 335 g/mol. The van der Waals surface area contributed by atoms with Crippen molar-refractivity contribution in [2.24, 2.45) is 11.8 Å². The minimum atomic E-state index is -1.16. The molecule has 2 aliphatic rings. The molecule has 2 aromatic rings. The second kappa shape index (κ2) is 5.55. The fourth-order valence-corrected chi connectivity index (χ4v) is 4.00. The molecule has 2 aromatic carbocycles. The molecule has 1 fully saturated rings. The molecule has 1 unspecified atom stereocenters. The van der Waals surface area contributed by atoms with Gasteiger partial charge in [-0.05, 0) is 18.6 Å². The smallest absolute Gasteiger partial charge is 0.311 e. The van der Waals surface area contributed by atoms with Crippen molar-refractivity contribution in [1.29, 1.82) is 0 Å². The van der Waals surface area contributed by atoms with E-state index in [-0.39, 0.29) is 18.3 Å². The van der Waals surface area contributed by atoms with Crippen LogP contribution in [0.2, 0.25) is 0 Å². The van der Waals surface area contributed by atoms with Gasteiger partial charge < -0.3 is 10.1 Å². The molecule has 0 bridgehead atoms. The lowest BCUT2D eigenvalue weighted by Gasteiger charge is -2.08. The van der Waals surface area contributed by atoms with Crippen LogP contribution in [0.1, 0.15) is 22.8 Å². The van der Waals surface area contributed by atoms with Crippen molar-refractivity contribution in [2.75, 3.05) is 11.9 Å². The number of benzene rings is 2. The second-order valence-corrected chi connectivity index (χ2v) is 6.31. The van der Waals surface area contributed by atoms with E-state index in [0.717, 1.165) is 0 Å². The summed E-state index contributed by atoms with van der Waals surface area (Å²) in [6, 6.07) is 16.0. The van der Waals surface area contributed by atoms with E-state index in [2.05, 4.69) is 5.32 Å². The lowest BCUT2D eigenvalue weighted by atomic mass is 9.91. The molecule has 4 rings (SSSR count). The van der Waals surface area contributed by atoms with Crippen LogP contribution in [0, 0.1) is 11.8 Å². The van der Waals surface area contributed by atoms with Gasteiger partial charge in [0.1, 0.15) is 5.41 Å². The third-order valence-corrected chi connectivity index (χ3v) is 5.08. The third-order valence-electron chi connectivity index (χ3n) is 5.08. The number of amides is 1. The number of hydrogen-bond donors (Lipinski definition) is 1. The number of anilines is 1. The number of carbonyl (C=O) groups is 3. The van der Waals surface area contributed by atoms with Crippen molar-refractivity contribution in [1.82, 2.24) is 0 Å². The van der Waals surface area contributed by atoms with Gasteiger partial charge in [0.2, 0.25) is 5.91 Å². The Morgan fingerprint density at radius 2 is 1.72 bits per heavy atom. The molecular weight excluding hydrogens is 318 g/mol. The number of Topliss-reactive ketones (excluding diaryl/α,β-unsaturated/α-hetero) is 1. The number of ether oxygens (including phenoxy) is 1. The summed E-state index contributed by atoms with van der Waals surface area (Å²) in [4.78, 5) is 38.4. The molecule has 1 aliphatic carbocycles. The molecule has 1 N–H and O–H groups in total. The largest absolute Gasteiger partial charge is 0.466 e. The summed E-state index contributed by atoms with van der Waals surface area (Å²) in [7, 11) is 0. The lowest BCUT2D eigenvalue weighted by molar-refractivity contribution is -0.146. The van der Waals surface area contributed by atoms with E-state index in [1.165, 1.54) is 0 Å². The maximum absolute atomic E-state index is 13.1. The van der Waals surface area contributed by atoms with Gasteiger partial charge in [-0.2, -0.15) is 0 Å². The summed E-state index contributed by atoms with van der Waals surface area (Å²) in [5, 5.41) is 2.81. The Hall–Kier alpha value is -2.95. The number of nitrogens with one attached hydrogen (secondary N) is 1. The minimum absolute atomic E-state index is 0.203. The van der Waals surface area contributed by atoms with Gasteiger partial charge in [0.15, 0.2) is 5.78 Å². The van der Waals surface area contributed by atoms with E-state index in [1.54, 1.807) is 43.3 Å². The van der Waals surface area contributed by atoms with Crippen LogP contribution >= 0.6 is 0 Å². The number of carbonyl (C=O) groups excluding carboxylic acids is 3. The summed E-state index contributed by atoms with van der Waals surface area (Å²) in [5.41, 5.74) is 0.698. The third kappa shape index (κ3) is 2.05. The van der Waals surface area contributed by atoms with Crippen LogP contribution in [0.4, 0.5) is 5.69 Å². The highest BCUT2D eigenvalue weighted by Gasteiger charge is 2.79. The molecule has 5 nitrogen and oxygen atoms in total. The van der Waals surface area contributed by atoms with E-state index in [4.69, 9.17) is 4.74 Å². The van der Waals surface area contributed by atoms with Crippen LogP contribution in [0.15, 0.2) is 54.6 Å². The Morgan fingerprint density at radius 1 is 1.04 bits per heavy atom.